The molecule has 0 aliphatic rings. The zero-order valence-electron chi connectivity index (χ0n) is 16.1. The van der Waals surface area contributed by atoms with E-state index < -0.39 is 11.6 Å². The second-order valence-electron chi connectivity index (χ2n) is 6.73. The third kappa shape index (κ3) is 4.38. The monoisotopic (exact) mass is 384 g/mol. The van der Waals surface area contributed by atoms with Crippen LogP contribution >= 0.6 is 0 Å². The Morgan fingerprint density at radius 3 is 1.96 bits per heavy atom. The minimum absolute atomic E-state index is 0.0612. The van der Waals surface area contributed by atoms with Crippen molar-refractivity contribution in [2.45, 2.75) is 39.7 Å². The normalized spacial score (nSPS) is 10.9. The summed E-state index contributed by atoms with van der Waals surface area (Å²) in [7, 11) is 0. The zero-order chi connectivity index (χ0) is 20.1. The van der Waals surface area contributed by atoms with E-state index in [1.165, 1.54) is 6.07 Å². The quantitative estimate of drug-likeness (QED) is 0.432. The van der Waals surface area contributed by atoms with Gasteiger partial charge in [-0.05, 0) is 53.3 Å². The van der Waals surface area contributed by atoms with Crippen molar-refractivity contribution in [2.24, 2.45) is 0 Å². The Hall–Kier alpha value is -2.75. The van der Waals surface area contributed by atoms with Crippen LogP contribution in [0.25, 0.3) is 11.1 Å². The van der Waals surface area contributed by atoms with Gasteiger partial charge in [0.25, 0.3) is 0 Å². The summed E-state index contributed by atoms with van der Waals surface area (Å²) in [5.74, 6) is -1.33. The standard InChI is InChI=1S/C24H23F3O/c1-3-5-18-7-9-20(24(27)23(18)26)15-28-21-12-10-17(11-13-21)19-8-6-16(4-2)22(25)14-19/h6-14H,3-5,15H2,1-2H3. The molecule has 0 unspecified atom stereocenters. The molecule has 4 heteroatoms. The molecule has 3 aromatic rings. The Bertz CT molecular complexity index is 949. The van der Waals surface area contributed by atoms with E-state index in [0.717, 1.165) is 17.5 Å². The Labute approximate surface area is 163 Å². The zero-order valence-corrected chi connectivity index (χ0v) is 16.1. The lowest BCUT2D eigenvalue weighted by atomic mass is 10.0. The molecule has 0 aliphatic carbocycles. The van der Waals surface area contributed by atoms with Crippen molar-refractivity contribution >= 4 is 0 Å². The van der Waals surface area contributed by atoms with Gasteiger partial charge < -0.3 is 4.74 Å². The molecule has 0 fully saturated rings. The first-order chi connectivity index (χ1) is 13.5. The van der Waals surface area contributed by atoms with Gasteiger partial charge in [0.15, 0.2) is 11.6 Å². The van der Waals surface area contributed by atoms with E-state index in [2.05, 4.69) is 0 Å². The van der Waals surface area contributed by atoms with Crippen LogP contribution in [-0.4, -0.2) is 0 Å². The van der Waals surface area contributed by atoms with Crippen molar-refractivity contribution in [3.63, 3.8) is 0 Å². The van der Waals surface area contributed by atoms with E-state index in [1.54, 1.807) is 30.3 Å². The van der Waals surface area contributed by atoms with Crippen LogP contribution in [0.4, 0.5) is 13.2 Å². The number of rotatable bonds is 7. The summed E-state index contributed by atoms with van der Waals surface area (Å²) in [6.45, 7) is 3.77. The smallest absolute Gasteiger partial charge is 0.165 e. The molecule has 0 aromatic heterocycles. The maximum Gasteiger partial charge on any atom is 0.165 e. The Kier molecular flexibility index (Phi) is 6.40. The second-order valence-corrected chi connectivity index (χ2v) is 6.73. The fourth-order valence-electron chi connectivity index (χ4n) is 3.12. The van der Waals surface area contributed by atoms with Crippen LogP contribution in [0.5, 0.6) is 5.75 Å². The van der Waals surface area contributed by atoms with Gasteiger partial charge in [0.1, 0.15) is 18.2 Å². The predicted octanol–water partition coefficient (Wildman–Crippen LogP) is 6.86. The average molecular weight is 384 g/mol. The average Bonchev–Trinajstić information content (AvgIpc) is 2.71. The van der Waals surface area contributed by atoms with Gasteiger partial charge in [0, 0.05) is 5.56 Å². The Balaban J connectivity index is 1.70. The number of ether oxygens (including phenoxy) is 1. The summed E-state index contributed by atoms with van der Waals surface area (Å²) in [4.78, 5) is 0. The van der Waals surface area contributed by atoms with Gasteiger partial charge in [-0.3, -0.25) is 0 Å². The number of aryl methyl sites for hydroxylation is 2. The van der Waals surface area contributed by atoms with E-state index in [0.29, 0.717) is 29.7 Å². The lowest BCUT2D eigenvalue weighted by molar-refractivity contribution is 0.297. The van der Waals surface area contributed by atoms with Crippen molar-refractivity contribution in [2.75, 3.05) is 0 Å². The Morgan fingerprint density at radius 1 is 0.714 bits per heavy atom. The van der Waals surface area contributed by atoms with Crippen LogP contribution in [0.15, 0.2) is 54.6 Å². The van der Waals surface area contributed by atoms with Gasteiger partial charge in [-0.2, -0.15) is 0 Å². The highest BCUT2D eigenvalue weighted by molar-refractivity contribution is 5.64. The summed E-state index contributed by atoms with van der Waals surface area (Å²) < 4.78 is 47.8. The summed E-state index contributed by atoms with van der Waals surface area (Å²) in [6, 6.07) is 15.5. The lowest BCUT2D eigenvalue weighted by Gasteiger charge is -2.11. The van der Waals surface area contributed by atoms with Crippen LogP contribution in [-0.2, 0) is 19.4 Å². The van der Waals surface area contributed by atoms with E-state index in [9.17, 15) is 13.2 Å². The minimum atomic E-state index is -0.853. The van der Waals surface area contributed by atoms with Crippen molar-refractivity contribution in [1.82, 2.24) is 0 Å². The van der Waals surface area contributed by atoms with Crippen LogP contribution < -0.4 is 4.74 Å². The van der Waals surface area contributed by atoms with Crippen LogP contribution in [0, 0.1) is 17.5 Å². The predicted molar refractivity (Wildman–Crippen MR) is 106 cm³/mol. The molecule has 0 radical (unpaired) electrons. The topological polar surface area (TPSA) is 9.23 Å². The number of hydrogen-bond acceptors (Lipinski definition) is 1. The molecule has 28 heavy (non-hydrogen) atoms. The largest absolute Gasteiger partial charge is 0.489 e. The van der Waals surface area contributed by atoms with Gasteiger partial charge in [-0.1, -0.05) is 56.7 Å². The third-order valence-corrected chi connectivity index (χ3v) is 4.78. The molecule has 0 atom stereocenters. The van der Waals surface area contributed by atoms with Crippen LogP contribution in [0.1, 0.15) is 37.0 Å². The van der Waals surface area contributed by atoms with Crippen molar-refractivity contribution in [3.05, 3.63) is 88.7 Å². The van der Waals surface area contributed by atoms with Crippen molar-refractivity contribution in [3.8, 4) is 16.9 Å². The van der Waals surface area contributed by atoms with E-state index in [4.69, 9.17) is 4.74 Å². The number of hydrogen-bond donors (Lipinski definition) is 0. The number of benzene rings is 3. The van der Waals surface area contributed by atoms with E-state index in [-0.39, 0.29) is 18.0 Å². The van der Waals surface area contributed by atoms with Gasteiger partial charge in [-0.15, -0.1) is 0 Å². The van der Waals surface area contributed by atoms with Gasteiger partial charge in [-0.25, -0.2) is 13.2 Å². The third-order valence-electron chi connectivity index (χ3n) is 4.78. The fraction of sp³-hybridized carbons (Fsp3) is 0.250. The highest BCUT2D eigenvalue weighted by Gasteiger charge is 2.13. The first kappa shape index (κ1) is 20.0. The second kappa shape index (κ2) is 8.96. The highest BCUT2D eigenvalue weighted by Crippen LogP contribution is 2.25. The molecule has 3 aromatic carbocycles. The van der Waals surface area contributed by atoms with E-state index >= 15 is 0 Å². The molecule has 0 amide bonds. The van der Waals surface area contributed by atoms with Crippen LogP contribution in [0.3, 0.4) is 0 Å². The van der Waals surface area contributed by atoms with Crippen molar-refractivity contribution < 1.29 is 17.9 Å². The molecule has 146 valence electrons. The molecule has 3 rings (SSSR count). The maximum absolute atomic E-state index is 14.2. The first-order valence-electron chi connectivity index (χ1n) is 9.50. The molecule has 0 saturated heterocycles. The van der Waals surface area contributed by atoms with Gasteiger partial charge in [0.05, 0.1) is 0 Å². The minimum Gasteiger partial charge on any atom is -0.489 e. The molecule has 0 aliphatic heterocycles. The van der Waals surface area contributed by atoms with Gasteiger partial charge in [0.2, 0.25) is 0 Å². The molecular weight excluding hydrogens is 361 g/mol. The highest BCUT2D eigenvalue weighted by atomic mass is 19.2. The molecular formula is C24H23F3O. The molecule has 0 saturated carbocycles. The van der Waals surface area contributed by atoms with Crippen molar-refractivity contribution in [1.29, 1.82) is 0 Å². The summed E-state index contributed by atoms with van der Waals surface area (Å²) >= 11 is 0. The fourth-order valence-corrected chi connectivity index (χ4v) is 3.12. The summed E-state index contributed by atoms with van der Waals surface area (Å²) in [5.41, 5.74) is 2.88. The van der Waals surface area contributed by atoms with E-state index in [1.807, 2.05) is 32.0 Å². The Morgan fingerprint density at radius 2 is 1.32 bits per heavy atom. The molecule has 0 heterocycles. The molecule has 1 nitrogen and oxygen atoms in total. The molecule has 0 N–H and O–H groups in total. The molecule has 0 spiro atoms. The molecule has 0 bridgehead atoms. The first-order valence-corrected chi connectivity index (χ1v) is 9.50. The van der Waals surface area contributed by atoms with Gasteiger partial charge >= 0.3 is 0 Å². The lowest BCUT2D eigenvalue weighted by Crippen LogP contribution is -2.03. The number of halogens is 3. The maximum atomic E-state index is 14.2. The summed E-state index contributed by atoms with van der Waals surface area (Å²) in [5, 5.41) is 0. The summed E-state index contributed by atoms with van der Waals surface area (Å²) in [6.07, 6.45) is 1.91. The van der Waals surface area contributed by atoms with Crippen LogP contribution in [0.2, 0.25) is 0 Å². The SMILES string of the molecule is CCCc1ccc(COc2ccc(-c3ccc(CC)c(F)c3)cc2)c(F)c1F.